The Morgan fingerprint density at radius 1 is 1.43 bits per heavy atom. The molecule has 2 unspecified atom stereocenters. The maximum atomic E-state index is 12.6. The molecule has 1 heterocycles. The minimum absolute atomic E-state index is 0.121. The van der Waals surface area contributed by atoms with E-state index >= 15 is 0 Å². The van der Waals surface area contributed by atoms with Gasteiger partial charge in [0.15, 0.2) is 0 Å². The Hall–Kier alpha value is -0.950. The summed E-state index contributed by atoms with van der Waals surface area (Å²) in [5, 5.41) is 3.04. The van der Waals surface area contributed by atoms with Crippen molar-refractivity contribution in [3.05, 3.63) is 29.3 Å². The molecule has 1 saturated heterocycles. The Bertz CT molecular complexity index is 581. The van der Waals surface area contributed by atoms with Crippen LogP contribution in [-0.4, -0.2) is 34.7 Å². The second-order valence-electron chi connectivity index (χ2n) is 5.66. The van der Waals surface area contributed by atoms with E-state index < -0.39 is 10.0 Å². The van der Waals surface area contributed by atoms with Crippen molar-refractivity contribution >= 4 is 10.0 Å². The van der Waals surface area contributed by atoms with E-state index in [0.29, 0.717) is 24.7 Å². The molecular formula is C15H24N2O3S. The molecule has 1 aromatic rings. The van der Waals surface area contributed by atoms with Gasteiger partial charge in [0.25, 0.3) is 0 Å². The fourth-order valence-corrected chi connectivity index (χ4v) is 4.21. The Balaban J connectivity index is 2.19. The summed E-state index contributed by atoms with van der Waals surface area (Å²) in [5.41, 5.74) is 1.72. The van der Waals surface area contributed by atoms with E-state index in [1.54, 1.807) is 6.07 Å². The molecule has 1 aliphatic heterocycles. The van der Waals surface area contributed by atoms with Gasteiger partial charge in [-0.05, 0) is 44.5 Å². The van der Waals surface area contributed by atoms with Gasteiger partial charge >= 0.3 is 0 Å². The Morgan fingerprint density at radius 3 is 2.81 bits per heavy atom. The van der Waals surface area contributed by atoms with Gasteiger partial charge in [-0.1, -0.05) is 12.1 Å². The number of rotatable bonds is 6. The Kier molecular flexibility index (Phi) is 5.37. The quantitative estimate of drug-likeness (QED) is 0.833. The molecule has 0 bridgehead atoms. The van der Waals surface area contributed by atoms with Crippen LogP contribution in [0.2, 0.25) is 0 Å². The first-order valence-electron chi connectivity index (χ1n) is 7.28. The Labute approximate surface area is 127 Å². The molecule has 0 aromatic heterocycles. The van der Waals surface area contributed by atoms with Crippen molar-refractivity contribution in [1.82, 2.24) is 10.0 Å². The van der Waals surface area contributed by atoms with Gasteiger partial charge in [0, 0.05) is 25.1 Å². The summed E-state index contributed by atoms with van der Waals surface area (Å²) >= 11 is 0. The van der Waals surface area contributed by atoms with Gasteiger partial charge < -0.3 is 10.1 Å². The van der Waals surface area contributed by atoms with Crippen LogP contribution in [0.3, 0.4) is 0 Å². The summed E-state index contributed by atoms with van der Waals surface area (Å²) in [6.45, 7) is 5.72. The lowest BCUT2D eigenvalue weighted by molar-refractivity contribution is 0.180. The first kappa shape index (κ1) is 16.4. The van der Waals surface area contributed by atoms with Gasteiger partial charge in [0.1, 0.15) is 0 Å². The highest BCUT2D eigenvalue weighted by atomic mass is 32.2. The zero-order chi connectivity index (χ0) is 15.5. The molecule has 2 atom stereocenters. The first-order valence-corrected chi connectivity index (χ1v) is 8.76. The van der Waals surface area contributed by atoms with Crippen LogP contribution in [0, 0.1) is 12.8 Å². The summed E-state index contributed by atoms with van der Waals surface area (Å²) in [6, 6.07) is 5.42. The van der Waals surface area contributed by atoms with Crippen LogP contribution < -0.4 is 10.0 Å². The van der Waals surface area contributed by atoms with Crippen molar-refractivity contribution in [3.8, 4) is 0 Å². The van der Waals surface area contributed by atoms with E-state index in [4.69, 9.17) is 4.74 Å². The van der Waals surface area contributed by atoms with Crippen molar-refractivity contribution in [3.63, 3.8) is 0 Å². The summed E-state index contributed by atoms with van der Waals surface area (Å²) in [7, 11) is -1.66. The minimum Gasteiger partial charge on any atom is -0.381 e. The van der Waals surface area contributed by atoms with Gasteiger partial charge in [0.05, 0.1) is 11.5 Å². The van der Waals surface area contributed by atoms with E-state index in [9.17, 15) is 8.42 Å². The number of sulfonamides is 1. The lowest BCUT2D eigenvalue weighted by atomic mass is 10.0. The van der Waals surface area contributed by atoms with E-state index in [1.165, 1.54) is 0 Å². The fraction of sp³-hybridized carbons (Fsp3) is 0.600. The van der Waals surface area contributed by atoms with Crippen LogP contribution in [0.5, 0.6) is 0 Å². The summed E-state index contributed by atoms with van der Waals surface area (Å²) in [5.74, 6) is 0.251. The lowest BCUT2D eigenvalue weighted by Crippen LogP contribution is -2.38. The third kappa shape index (κ3) is 4.03. The van der Waals surface area contributed by atoms with E-state index in [0.717, 1.165) is 17.5 Å². The van der Waals surface area contributed by atoms with E-state index in [2.05, 4.69) is 10.0 Å². The molecule has 5 nitrogen and oxygen atoms in total. The predicted molar refractivity (Wildman–Crippen MR) is 82.7 cm³/mol. The maximum absolute atomic E-state index is 12.6. The molecule has 0 aliphatic carbocycles. The largest absolute Gasteiger partial charge is 0.381 e. The van der Waals surface area contributed by atoms with Crippen LogP contribution in [0.4, 0.5) is 0 Å². The van der Waals surface area contributed by atoms with Crippen molar-refractivity contribution < 1.29 is 13.2 Å². The molecule has 21 heavy (non-hydrogen) atoms. The van der Waals surface area contributed by atoms with Crippen LogP contribution in [0.25, 0.3) is 0 Å². The van der Waals surface area contributed by atoms with E-state index in [1.807, 2.05) is 33.0 Å². The van der Waals surface area contributed by atoms with Crippen molar-refractivity contribution in [2.75, 3.05) is 20.3 Å². The van der Waals surface area contributed by atoms with Crippen LogP contribution in [-0.2, 0) is 21.3 Å². The maximum Gasteiger partial charge on any atom is 0.241 e. The summed E-state index contributed by atoms with van der Waals surface area (Å²) < 4.78 is 33.3. The molecule has 1 fully saturated rings. The second kappa shape index (κ2) is 6.87. The van der Waals surface area contributed by atoms with Gasteiger partial charge in [-0.15, -0.1) is 0 Å². The normalized spacial score (nSPS) is 20.6. The average Bonchev–Trinajstić information content (AvgIpc) is 2.94. The van der Waals surface area contributed by atoms with Crippen LogP contribution in [0.1, 0.15) is 24.5 Å². The first-order chi connectivity index (χ1) is 9.94. The smallest absolute Gasteiger partial charge is 0.241 e. The van der Waals surface area contributed by atoms with Gasteiger partial charge in [0.2, 0.25) is 10.0 Å². The molecule has 2 rings (SSSR count). The molecule has 0 spiro atoms. The topological polar surface area (TPSA) is 67.4 Å². The second-order valence-corrected chi connectivity index (χ2v) is 7.35. The van der Waals surface area contributed by atoms with E-state index in [-0.39, 0.29) is 12.0 Å². The molecule has 1 aliphatic rings. The molecule has 0 radical (unpaired) electrons. The number of benzene rings is 1. The molecule has 118 valence electrons. The molecular weight excluding hydrogens is 288 g/mol. The predicted octanol–water partition coefficient (Wildman–Crippen LogP) is 1.42. The molecule has 0 saturated carbocycles. The number of hydrogen-bond acceptors (Lipinski definition) is 4. The van der Waals surface area contributed by atoms with Crippen LogP contribution >= 0.6 is 0 Å². The monoisotopic (exact) mass is 312 g/mol. The van der Waals surface area contributed by atoms with Crippen molar-refractivity contribution in [1.29, 1.82) is 0 Å². The lowest BCUT2D eigenvalue weighted by Gasteiger charge is -2.20. The third-order valence-corrected chi connectivity index (χ3v) is 5.64. The third-order valence-electron chi connectivity index (χ3n) is 3.94. The minimum atomic E-state index is -3.50. The van der Waals surface area contributed by atoms with Crippen molar-refractivity contribution in [2.24, 2.45) is 5.92 Å². The zero-order valence-electron chi connectivity index (χ0n) is 12.8. The zero-order valence-corrected chi connectivity index (χ0v) is 13.7. The molecule has 0 amide bonds. The number of ether oxygens (including phenoxy) is 1. The number of nitrogens with one attached hydrogen (secondary N) is 2. The fourth-order valence-electron chi connectivity index (χ4n) is 2.60. The van der Waals surface area contributed by atoms with Gasteiger partial charge in [-0.3, -0.25) is 0 Å². The van der Waals surface area contributed by atoms with Crippen LogP contribution in [0.15, 0.2) is 23.1 Å². The van der Waals surface area contributed by atoms with Gasteiger partial charge in [-0.2, -0.15) is 0 Å². The molecule has 2 N–H and O–H groups in total. The SMILES string of the molecule is CNCc1ccc(C)c(S(=O)(=O)NC(C)C2CCOC2)c1. The average molecular weight is 312 g/mol. The standard InChI is InChI=1S/C15H24N2O3S/c1-11-4-5-13(9-16-3)8-15(11)21(18,19)17-12(2)14-6-7-20-10-14/h4-5,8,12,14,16-17H,6-7,9-10H2,1-3H3. The van der Waals surface area contributed by atoms with Crippen molar-refractivity contribution in [2.45, 2.75) is 37.8 Å². The van der Waals surface area contributed by atoms with Gasteiger partial charge in [-0.25, -0.2) is 13.1 Å². The highest BCUT2D eigenvalue weighted by Crippen LogP contribution is 2.21. The highest BCUT2D eigenvalue weighted by molar-refractivity contribution is 7.89. The number of aryl methyl sites for hydroxylation is 1. The summed E-state index contributed by atoms with van der Waals surface area (Å²) in [6.07, 6.45) is 0.905. The number of hydrogen-bond donors (Lipinski definition) is 2. The highest BCUT2D eigenvalue weighted by Gasteiger charge is 2.27. The summed E-state index contributed by atoms with van der Waals surface area (Å²) in [4.78, 5) is 0.362. The molecule has 6 heteroatoms. The Morgan fingerprint density at radius 2 is 2.19 bits per heavy atom. The molecule has 1 aromatic carbocycles.